The van der Waals surface area contributed by atoms with E-state index in [-0.39, 0.29) is 12.5 Å². The summed E-state index contributed by atoms with van der Waals surface area (Å²) >= 11 is 0. The van der Waals surface area contributed by atoms with E-state index in [0.29, 0.717) is 13.2 Å². The average Bonchev–Trinajstić information content (AvgIpc) is 2.55. The minimum atomic E-state index is -0.390. The highest BCUT2D eigenvalue weighted by Crippen LogP contribution is 1.94. The van der Waals surface area contributed by atoms with Gasteiger partial charge in [0.15, 0.2) is 0 Å². The van der Waals surface area contributed by atoms with Crippen LogP contribution in [0, 0.1) is 0 Å². The topological polar surface area (TPSA) is 70.7 Å². The first-order valence-corrected chi connectivity index (χ1v) is 6.07. The molecule has 1 aliphatic rings. The molecule has 0 aromatic rings. The molecule has 0 aromatic heterocycles. The highest BCUT2D eigenvalue weighted by Gasteiger charge is 2.13. The molecule has 1 fully saturated rings. The summed E-state index contributed by atoms with van der Waals surface area (Å²) in [6.07, 6.45) is 1.05. The van der Waals surface area contributed by atoms with Gasteiger partial charge in [0.2, 0.25) is 5.91 Å². The monoisotopic (exact) mass is 243 g/mol. The Kier molecular flexibility index (Phi) is 6.57. The van der Waals surface area contributed by atoms with E-state index in [2.05, 4.69) is 15.5 Å². The molecular formula is C11H21N3O3. The first-order valence-electron chi connectivity index (χ1n) is 6.07. The first-order chi connectivity index (χ1) is 8.22. The van der Waals surface area contributed by atoms with Gasteiger partial charge < -0.3 is 15.4 Å². The van der Waals surface area contributed by atoms with Gasteiger partial charge >= 0.3 is 5.97 Å². The van der Waals surface area contributed by atoms with Crippen LogP contribution in [0.4, 0.5) is 0 Å². The Labute approximate surface area is 102 Å². The second-order valence-corrected chi connectivity index (χ2v) is 3.96. The third-order valence-corrected chi connectivity index (χ3v) is 2.54. The van der Waals surface area contributed by atoms with Crippen molar-refractivity contribution >= 4 is 11.9 Å². The van der Waals surface area contributed by atoms with Crippen molar-refractivity contribution < 1.29 is 14.3 Å². The van der Waals surface area contributed by atoms with Crippen LogP contribution in [0.1, 0.15) is 13.3 Å². The van der Waals surface area contributed by atoms with Gasteiger partial charge in [-0.1, -0.05) is 0 Å². The van der Waals surface area contributed by atoms with Crippen LogP contribution in [-0.2, 0) is 14.3 Å². The highest BCUT2D eigenvalue weighted by molar-refractivity contribution is 5.83. The maximum absolute atomic E-state index is 11.6. The van der Waals surface area contributed by atoms with Crippen LogP contribution in [0.15, 0.2) is 0 Å². The van der Waals surface area contributed by atoms with E-state index in [1.807, 2.05) is 0 Å². The van der Waals surface area contributed by atoms with Gasteiger partial charge in [-0.05, 0) is 26.4 Å². The fourth-order valence-electron chi connectivity index (χ4n) is 1.70. The van der Waals surface area contributed by atoms with E-state index in [9.17, 15) is 9.59 Å². The number of carbonyl (C=O) groups is 2. The summed E-state index contributed by atoms with van der Waals surface area (Å²) < 4.78 is 4.72. The quantitative estimate of drug-likeness (QED) is 0.604. The predicted octanol–water partition coefficient (Wildman–Crippen LogP) is -1.04. The van der Waals surface area contributed by atoms with Gasteiger partial charge in [-0.3, -0.25) is 14.5 Å². The fourth-order valence-corrected chi connectivity index (χ4v) is 1.70. The number of hydrogen-bond acceptors (Lipinski definition) is 5. The van der Waals surface area contributed by atoms with Crippen molar-refractivity contribution in [2.75, 3.05) is 45.9 Å². The molecule has 0 atom stereocenters. The molecule has 0 bridgehead atoms. The SMILES string of the molecule is CCOC(=O)CNC(=O)CN1CCCNCC1. The van der Waals surface area contributed by atoms with Gasteiger partial charge in [0.05, 0.1) is 13.2 Å². The molecule has 0 saturated carbocycles. The molecule has 1 saturated heterocycles. The van der Waals surface area contributed by atoms with Crippen LogP contribution in [0.5, 0.6) is 0 Å². The Hall–Kier alpha value is -1.14. The maximum Gasteiger partial charge on any atom is 0.325 e. The molecule has 1 rings (SSSR count). The van der Waals surface area contributed by atoms with Gasteiger partial charge in [-0.25, -0.2) is 0 Å². The van der Waals surface area contributed by atoms with Crippen molar-refractivity contribution in [2.45, 2.75) is 13.3 Å². The summed E-state index contributed by atoms with van der Waals surface area (Å²) in [6, 6.07) is 0. The lowest BCUT2D eigenvalue weighted by Gasteiger charge is -2.18. The Morgan fingerprint density at radius 3 is 2.94 bits per heavy atom. The second kappa shape index (κ2) is 8.03. The third-order valence-electron chi connectivity index (χ3n) is 2.54. The van der Waals surface area contributed by atoms with Crippen LogP contribution >= 0.6 is 0 Å². The summed E-state index contributed by atoms with van der Waals surface area (Å²) in [5.41, 5.74) is 0. The molecule has 98 valence electrons. The molecule has 0 radical (unpaired) electrons. The van der Waals surface area contributed by atoms with Gasteiger partial charge in [-0.15, -0.1) is 0 Å². The predicted molar refractivity (Wildman–Crippen MR) is 63.6 cm³/mol. The van der Waals surface area contributed by atoms with E-state index in [0.717, 1.165) is 32.6 Å². The zero-order valence-corrected chi connectivity index (χ0v) is 10.3. The summed E-state index contributed by atoms with van der Waals surface area (Å²) in [7, 11) is 0. The van der Waals surface area contributed by atoms with Crippen molar-refractivity contribution in [3.63, 3.8) is 0 Å². The number of amides is 1. The molecule has 17 heavy (non-hydrogen) atoms. The van der Waals surface area contributed by atoms with E-state index in [1.165, 1.54) is 0 Å². The van der Waals surface area contributed by atoms with E-state index in [4.69, 9.17) is 4.74 Å². The summed E-state index contributed by atoms with van der Waals surface area (Å²) in [6.45, 7) is 6.08. The Bertz CT molecular complexity index is 250. The number of ether oxygens (including phenoxy) is 1. The van der Waals surface area contributed by atoms with E-state index < -0.39 is 5.97 Å². The second-order valence-electron chi connectivity index (χ2n) is 3.96. The van der Waals surface area contributed by atoms with E-state index in [1.54, 1.807) is 6.92 Å². The summed E-state index contributed by atoms with van der Waals surface area (Å²) in [4.78, 5) is 24.7. The lowest BCUT2D eigenvalue weighted by molar-refractivity contribution is -0.143. The van der Waals surface area contributed by atoms with Gasteiger partial charge in [0.1, 0.15) is 6.54 Å². The van der Waals surface area contributed by atoms with Crippen LogP contribution < -0.4 is 10.6 Å². The Balaban J connectivity index is 2.17. The Morgan fingerprint density at radius 1 is 1.35 bits per heavy atom. The molecule has 2 N–H and O–H groups in total. The van der Waals surface area contributed by atoms with Crippen LogP contribution in [0.3, 0.4) is 0 Å². The van der Waals surface area contributed by atoms with Crippen molar-refractivity contribution in [2.24, 2.45) is 0 Å². The standard InChI is InChI=1S/C11H21N3O3/c1-2-17-11(16)8-13-10(15)9-14-6-3-4-12-5-7-14/h12H,2-9H2,1H3,(H,13,15). The first kappa shape index (κ1) is 13.9. The average molecular weight is 243 g/mol. The van der Waals surface area contributed by atoms with Gasteiger partial charge in [-0.2, -0.15) is 0 Å². The van der Waals surface area contributed by atoms with Crippen LogP contribution in [-0.4, -0.2) is 62.7 Å². The number of nitrogens with zero attached hydrogens (tertiary/aromatic N) is 1. The number of carbonyl (C=O) groups excluding carboxylic acids is 2. The lowest BCUT2D eigenvalue weighted by atomic mass is 10.4. The zero-order chi connectivity index (χ0) is 12.5. The molecule has 1 aliphatic heterocycles. The zero-order valence-electron chi connectivity index (χ0n) is 10.3. The minimum Gasteiger partial charge on any atom is -0.465 e. The summed E-state index contributed by atoms with van der Waals surface area (Å²) in [5, 5.41) is 5.83. The van der Waals surface area contributed by atoms with Crippen LogP contribution in [0.2, 0.25) is 0 Å². The molecule has 6 heteroatoms. The maximum atomic E-state index is 11.6. The fraction of sp³-hybridized carbons (Fsp3) is 0.818. The van der Waals surface area contributed by atoms with Crippen molar-refractivity contribution in [1.29, 1.82) is 0 Å². The highest BCUT2D eigenvalue weighted by atomic mass is 16.5. The number of rotatable bonds is 5. The Morgan fingerprint density at radius 2 is 2.18 bits per heavy atom. The van der Waals surface area contributed by atoms with Crippen LogP contribution in [0.25, 0.3) is 0 Å². The number of nitrogens with one attached hydrogen (secondary N) is 2. The number of esters is 1. The normalized spacial score (nSPS) is 17.2. The molecule has 1 heterocycles. The largest absolute Gasteiger partial charge is 0.465 e. The van der Waals surface area contributed by atoms with Crippen molar-refractivity contribution in [3.8, 4) is 0 Å². The molecule has 0 aromatic carbocycles. The third kappa shape index (κ3) is 6.23. The molecule has 0 spiro atoms. The molecule has 0 aliphatic carbocycles. The minimum absolute atomic E-state index is 0.0429. The lowest BCUT2D eigenvalue weighted by Crippen LogP contribution is -2.40. The van der Waals surface area contributed by atoms with E-state index >= 15 is 0 Å². The van der Waals surface area contributed by atoms with Crippen molar-refractivity contribution in [1.82, 2.24) is 15.5 Å². The molecular weight excluding hydrogens is 222 g/mol. The number of hydrogen-bond donors (Lipinski definition) is 2. The smallest absolute Gasteiger partial charge is 0.325 e. The van der Waals surface area contributed by atoms with Crippen molar-refractivity contribution in [3.05, 3.63) is 0 Å². The van der Waals surface area contributed by atoms with Gasteiger partial charge in [0, 0.05) is 13.1 Å². The molecule has 6 nitrogen and oxygen atoms in total. The molecule has 0 unspecified atom stereocenters. The summed E-state index contributed by atoms with van der Waals surface area (Å²) in [5.74, 6) is -0.515. The molecule has 1 amide bonds. The van der Waals surface area contributed by atoms with Gasteiger partial charge in [0.25, 0.3) is 0 Å².